The molecule has 0 unspecified atom stereocenters. The molecule has 0 spiro atoms. The van der Waals surface area contributed by atoms with Crippen LogP contribution in [0.4, 0.5) is 0 Å². The van der Waals surface area contributed by atoms with Crippen LogP contribution in [-0.4, -0.2) is 14.2 Å². The van der Waals surface area contributed by atoms with Gasteiger partial charge in [-0.05, 0) is 42.9 Å². The van der Waals surface area contributed by atoms with E-state index in [1.807, 2.05) is 0 Å². The molecule has 2 heteroatoms. The average Bonchev–Trinajstić information content (AvgIpc) is 3.10. The number of rotatable bonds is 4. The molecule has 0 atom stereocenters. The molecule has 0 N–H and O–H groups in total. The SMILES string of the molecule is CCc1cc(OC)c(C2CC2)c(OC)c1. The van der Waals surface area contributed by atoms with Crippen LogP contribution in [0.5, 0.6) is 11.5 Å². The fraction of sp³-hybridized carbons (Fsp3) is 0.538. The van der Waals surface area contributed by atoms with Crippen LogP contribution in [0.1, 0.15) is 36.8 Å². The Morgan fingerprint density at radius 2 is 1.67 bits per heavy atom. The van der Waals surface area contributed by atoms with Gasteiger partial charge in [0.2, 0.25) is 0 Å². The standard InChI is InChI=1S/C13H18O2/c1-4-9-7-11(14-2)13(10-5-6-10)12(8-9)15-3/h7-8,10H,4-6H2,1-3H3. The van der Waals surface area contributed by atoms with Crippen molar-refractivity contribution in [1.29, 1.82) is 0 Å². The van der Waals surface area contributed by atoms with Gasteiger partial charge in [-0.3, -0.25) is 0 Å². The van der Waals surface area contributed by atoms with Gasteiger partial charge in [0.15, 0.2) is 0 Å². The van der Waals surface area contributed by atoms with Crippen LogP contribution in [0.2, 0.25) is 0 Å². The van der Waals surface area contributed by atoms with Crippen molar-refractivity contribution in [3.8, 4) is 11.5 Å². The van der Waals surface area contributed by atoms with E-state index in [0.717, 1.165) is 17.9 Å². The summed E-state index contributed by atoms with van der Waals surface area (Å²) >= 11 is 0. The van der Waals surface area contributed by atoms with Crippen LogP contribution in [-0.2, 0) is 6.42 Å². The highest BCUT2D eigenvalue weighted by atomic mass is 16.5. The third kappa shape index (κ3) is 1.94. The highest BCUT2D eigenvalue weighted by molar-refractivity contribution is 5.51. The zero-order valence-electron chi connectivity index (χ0n) is 9.67. The third-order valence-corrected chi connectivity index (χ3v) is 3.00. The molecule has 1 aliphatic carbocycles. The van der Waals surface area contributed by atoms with Crippen molar-refractivity contribution < 1.29 is 9.47 Å². The highest BCUT2D eigenvalue weighted by Crippen LogP contribution is 2.49. The largest absolute Gasteiger partial charge is 0.496 e. The summed E-state index contributed by atoms with van der Waals surface area (Å²) in [5.41, 5.74) is 2.53. The van der Waals surface area contributed by atoms with E-state index < -0.39 is 0 Å². The summed E-state index contributed by atoms with van der Waals surface area (Å²) in [6, 6.07) is 4.27. The second kappa shape index (κ2) is 4.13. The number of hydrogen-bond donors (Lipinski definition) is 0. The molecule has 82 valence electrons. The second-order valence-electron chi connectivity index (χ2n) is 4.04. The van der Waals surface area contributed by atoms with Gasteiger partial charge in [-0.2, -0.15) is 0 Å². The number of aryl methyl sites for hydroxylation is 1. The van der Waals surface area contributed by atoms with Crippen LogP contribution in [0.3, 0.4) is 0 Å². The van der Waals surface area contributed by atoms with E-state index in [2.05, 4.69) is 19.1 Å². The summed E-state index contributed by atoms with van der Waals surface area (Å²) in [7, 11) is 3.47. The molecule has 0 aromatic heterocycles. The highest BCUT2D eigenvalue weighted by Gasteiger charge is 2.30. The normalized spacial score (nSPS) is 15.1. The fourth-order valence-corrected chi connectivity index (χ4v) is 1.97. The smallest absolute Gasteiger partial charge is 0.126 e. The van der Waals surface area contributed by atoms with E-state index in [0.29, 0.717) is 5.92 Å². The van der Waals surface area contributed by atoms with Gasteiger partial charge in [0.1, 0.15) is 11.5 Å². The Balaban J connectivity index is 2.48. The van der Waals surface area contributed by atoms with Crippen molar-refractivity contribution >= 4 is 0 Å². The van der Waals surface area contributed by atoms with Gasteiger partial charge in [-0.15, -0.1) is 0 Å². The molecular formula is C13H18O2. The van der Waals surface area contributed by atoms with Gasteiger partial charge in [0.05, 0.1) is 14.2 Å². The van der Waals surface area contributed by atoms with Gasteiger partial charge in [0, 0.05) is 5.56 Å². The summed E-state index contributed by atoms with van der Waals surface area (Å²) in [6.45, 7) is 2.14. The van der Waals surface area contributed by atoms with Crippen LogP contribution in [0, 0.1) is 0 Å². The van der Waals surface area contributed by atoms with Crippen molar-refractivity contribution in [1.82, 2.24) is 0 Å². The quantitative estimate of drug-likeness (QED) is 0.753. The molecule has 0 aliphatic heterocycles. The van der Waals surface area contributed by atoms with Crippen LogP contribution >= 0.6 is 0 Å². The lowest BCUT2D eigenvalue weighted by Gasteiger charge is -2.14. The Morgan fingerprint density at radius 1 is 1.13 bits per heavy atom. The van der Waals surface area contributed by atoms with Crippen LogP contribution < -0.4 is 9.47 Å². The summed E-state index contributed by atoms with van der Waals surface area (Å²) in [6.07, 6.45) is 3.54. The van der Waals surface area contributed by atoms with E-state index in [1.54, 1.807) is 14.2 Å². The monoisotopic (exact) mass is 206 g/mol. The first kappa shape index (κ1) is 10.3. The fourth-order valence-electron chi connectivity index (χ4n) is 1.97. The first-order valence-electron chi connectivity index (χ1n) is 5.55. The molecule has 0 radical (unpaired) electrons. The Morgan fingerprint density at radius 3 is 2.00 bits per heavy atom. The molecule has 1 saturated carbocycles. The van der Waals surface area contributed by atoms with E-state index in [1.165, 1.54) is 24.0 Å². The minimum atomic E-state index is 0.654. The maximum absolute atomic E-state index is 5.45. The zero-order valence-corrected chi connectivity index (χ0v) is 9.67. The molecule has 1 aliphatic rings. The maximum Gasteiger partial charge on any atom is 0.126 e. The summed E-state index contributed by atoms with van der Waals surface area (Å²) < 4.78 is 10.9. The lowest BCUT2D eigenvalue weighted by atomic mass is 10.0. The lowest BCUT2D eigenvalue weighted by Crippen LogP contribution is -1.97. The molecule has 1 aromatic carbocycles. The van der Waals surface area contributed by atoms with Crippen molar-refractivity contribution in [2.75, 3.05) is 14.2 Å². The Bertz CT molecular complexity index is 329. The Kier molecular flexibility index (Phi) is 2.85. The summed E-state index contributed by atoms with van der Waals surface area (Å²) in [5, 5.41) is 0. The number of methoxy groups -OCH3 is 2. The predicted octanol–water partition coefficient (Wildman–Crippen LogP) is 3.14. The lowest BCUT2D eigenvalue weighted by molar-refractivity contribution is 0.384. The zero-order chi connectivity index (χ0) is 10.8. The minimum Gasteiger partial charge on any atom is -0.496 e. The van der Waals surface area contributed by atoms with Crippen molar-refractivity contribution in [3.05, 3.63) is 23.3 Å². The Labute approximate surface area is 91.2 Å². The predicted molar refractivity (Wildman–Crippen MR) is 60.9 cm³/mol. The number of benzene rings is 1. The van der Waals surface area contributed by atoms with Gasteiger partial charge >= 0.3 is 0 Å². The second-order valence-corrected chi connectivity index (χ2v) is 4.04. The van der Waals surface area contributed by atoms with Gasteiger partial charge in [0.25, 0.3) is 0 Å². The van der Waals surface area contributed by atoms with E-state index >= 15 is 0 Å². The molecule has 1 aromatic rings. The topological polar surface area (TPSA) is 18.5 Å². The molecule has 1 fully saturated rings. The molecule has 0 saturated heterocycles. The molecule has 2 nitrogen and oxygen atoms in total. The number of hydrogen-bond acceptors (Lipinski definition) is 2. The summed E-state index contributed by atoms with van der Waals surface area (Å²) in [5.74, 6) is 2.64. The molecular weight excluding hydrogens is 188 g/mol. The van der Waals surface area contributed by atoms with Crippen molar-refractivity contribution in [2.45, 2.75) is 32.1 Å². The Hall–Kier alpha value is -1.18. The molecule has 2 rings (SSSR count). The van der Waals surface area contributed by atoms with E-state index in [9.17, 15) is 0 Å². The minimum absolute atomic E-state index is 0.654. The molecule has 0 heterocycles. The van der Waals surface area contributed by atoms with Crippen molar-refractivity contribution in [2.24, 2.45) is 0 Å². The van der Waals surface area contributed by atoms with Gasteiger partial charge < -0.3 is 9.47 Å². The molecule has 0 bridgehead atoms. The third-order valence-electron chi connectivity index (χ3n) is 3.00. The van der Waals surface area contributed by atoms with E-state index in [4.69, 9.17) is 9.47 Å². The maximum atomic E-state index is 5.45. The molecule has 0 amide bonds. The van der Waals surface area contributed by atoms with E-state index in [-0.39, 0.29) is 0 Å². The summed E-state index contributed by atoms with van der Waals surface area (Å²) in [4.78, 5) is 0. The van der Waals surface area contributed by atoms with Crippen LogP contribution in [0.15, 0.2) is 12.1 Å². The first-order valence-corrected chi connectivity index (χ1v) is 5.55. The molecule has 15 heavy (non-hydrogen) atoms. The number of ether oxygens (including phenoxy) is 2. The van der Waals surface area contributed by atoms with Gasteiger partial charge in [-0.1, -0.05) is 6.92 Å². The van der Waals surface area contributed by atoms with Crippen LogP contribution in [0.25, 0.3) is 0 Å². The van der Waals surface area contributed by atoms with Gasteiger partial charge in [-0.25, -0.2) is 0 Å². The average molecular weight is 206 g/mol. The first-order chi connectivity index (χ1) is 7.30. The van der Waals surface area contributed by atoms with Crippen molar-refractivity contribution in [3.63, 3.8) is 0 Å².